The Balaban J connectivity index is 2.11. The zero-order chi connectivity index (χ0) is 17.9. The van der Waals surface area contributed by atoms with Crippen molar-refractivity contribution in [3.05, 3.63) is 22.2 Å². The van der Waals surface area contributed by atoms with Crippen LogP contribution in [0.5, 0.6) is 0 Å². The molecule has 0 fully saturated rings. The molecule has 1 aromatic heterocycles. The number of non-ortho nitro benzene ring substituents is 1. The lowest BCUT2D eigenvalue weighted by Crippen LogP contribution is -2.47. The smallest absolute Gasteiger partial charge is 0.300 e. The molecule has 0 aliphatic rings. The average Bonchev–Trinajstić information content (AvgIpc) is 3.06. The fraction of sp³-hybridized carbons (Fsp3) is 0.417. The largest absolute Gasteiger partial charge is 0.388 e. The number of rotatable bonds is 8. The van der Waals surface area contributed by atoms with E-state index in [0.29, 0.717) is 0 Å². The number of hydrogen-bond donors (Lipinski definition) is 5. The minimum atomic E-state index is -1.87. The molecule has 0 spiro atoms. The van der Waals surface area contributed by atoms with Gasteiger partial charge in [0.2, 0.25) is 5.52 Å². The lowest BCUT2D eigenvalue weighted by molar-refractivity contribution is -0.383. The van der Waals surface area contributed by atoms with Gasteiger partial charge >= 0.3 is 5.69 Å². The molecule has 24 heavy (non-hydrogen) atoms. The second kappa shape index (κ2) is 7.27. The summed E-state index contributed by atoms with van der Waals surface area (Å²) < 4.78 is 4.47. The van der Waals surface area contributed by atoms with Crippen LogP contribution in [0.1, 0.15) is 0 Å². The molecule has 0 saturated carbocycles. The van der Waals surface area contributed by atoms with Crippen molar-refractivity contribution in [3.8, 4) is 0 Å². The third-order valence-electron chi connectivity index (χ3n) is 3.33. The van der Waals surface area contributed by atoms with Crippen LogP contribution in [-0.4, -0.2) is 72.9 Å². The fourth-order valence-electron chi connectivity index (χ4n) is 1.99. The number of hydrogen-bond acceptors (Lipinski definition) is 11. The van der Waals surface area contributed by atoms with Crippen LogP contribution in [0.4, 0.5) is 11.4 Å². The first-order chi connectivity index (χ1) is 11.4. The molecular weight excluding hydrogens is 328 g/mol. The summed E-state index contributed by atoms with van der Waals surface area (Å²) in [4.78, 5) is 20.6. The molecule has 1 aromatic carbocycles. The van der Waals surface area contributed by atoms with Crippen molar-refractivity contribution in [1.29, 1.82) is 0 Å². The molecule has 0 radical (unpaired) electrons. The first-order valence-corrected chi connectivity index (χ1v) is 6.68. The van der Waals surface area contributed by atoms with Crippen LogP contribution in [0.2, 0.25) is 0 Å². The second-order valence-corrected chi connectivity index (χ2v) is 4.91. The summed E-state index contributed by atoms with van der Waals surface area (Å²) in [6, 6.07) is 2.46. The summed E-state index contributed by atoms with van der Waals surface area (Å²) in [6.07, 6.45) is -7.05. The molecule has 5 N–H and O–H groups in total. The Morgan fingerprint density at radius 1 is 1.21 bits per heavy atom. The summed E-state index contributed by atoms with van der Waals surface area (Å²) >= 11 is 0. The van der Waals surface area contributed by atoms with E-state index in [1.165, 1.54) is 6.07 Å². The first-order valence-electron chi connectivity index (χ1n) is 6.68. The van der Waals surface area contributed by atoms with Crippen molar-refractivity contribution in [2.45, 2.75) is 24.4 Å². The van der Waals surface area contributed by atoms with Gasteiger partial charge in [0, 0.05) is 12.6 Å². The SMILES string of the molecule is O=C[C@H](O)[C@@H](O)[C@H](O)[C@H](O)CNc1ccc([N+](=O)[O-])c2nonc12. The van der Waals surface area contributed by atoms with Crippen LogP contribution in [0, 0.1) is 10.1 Å². The summed E-state index contributed by atoms with van der Waals surface area (Å²) in [5, 5.41) is 58.5. The van der Waals surface area contributed by atoms with Crippen molar-refractivity contribution in [1.82, 2.24) is 10.3 Å². The topological polar surface area (TPSA) is 192 Å². The minimum Gasteiger partial charge on any atom is -0.388 e. The Bertz CT molecular complexity index is 735. The standard InChI is InChI=1S/C12H14N4O8/c17-4-8(19)12(21)11(20)7(18)3-13-5-1-2-6(16(22)23)10-9(5)14-24-15-10/h1-2,4,7-8,11-13,18-21H,3H2/t7-,8+,11-,12-/m1/s1. The van der Waals surface area contributed by atoms with E-state index in [4.69, 9.17) is 5.11 Å². The van der Waals surface area contributed by atoms with Gasteiger partial charge in [-0.15, -0.1) is 0 Å². The summed E-state index contributed by atoms with van der Waals surface area (Å²) in [7, 11) is 0. The Morgan fingerprint density at radius 3 is 2.50 bits per heavy atom. The normalized spacial score (nSPS) is 16.3. The number of carbonyl (C=O) groups excluding carboxylic acids is 1. The monoisotopic (exact) mass is 342 g/mol. The number of nitrogens with zero attached hydrogens (tertiary/aromatic N) is 3. The van der Waals surface area contributed by atoms with E-state index in [1.54, 1.807) is 0 Å². The van der Waals surface area contributed by atoms with E-state index < -0.39 is 29.3 Å². The Hall–Kier alpha value is -2.67. The van der Waals surface area contributed by atoms with E-state index in [9.17, 15) is 30.2 Å². The Morgan fingerprint density at radius 2 is 1.88 bits per heavy atom. The maximum absolute atomic E-state index is 10.9. The van der Waals surface area contributed by atoms with Crippen molar-refractivity contribution in [2.24, 2.45) is 0 Å². The average molecular weight is 342 g/mol. The number of aliphatic hydroxyl groups excluding tert-OH is 4. The van der Waals surface area contributed by atoms with Crippen molar-refractivity contribution in [3.63, 3.8) is 0 Å². The lowest BCUT2D eigenvalue weighted by atomic mass is 10.0. The fourth-order valence-corrected chi connectivity index (χ4v) is 1.99. The van der Waals surface area contributed by atoms with Gasteiger partial charge in [-0.25, -0.2) is 4.63 Å². The first kappa shape index (κ1) is 17.7. The van der Waals surface area contributed by atoms with E-state index in [1.807, 2.05) is 0 Å². The van der Waals surface area contributed by atoms with E-state index >= 15 is 0 Å². The minimum absolute atomic E-state index is 0.0228. The van der Waals surface area contributed by atoms with E-state index in [0.717, 1.165) is 6.07 Å². The molecular formula is C12H14N4O8. The van der Waals surface area contributed by atoms with Crippen molar-refractivity contribution < 1.29 is 34.8 Å². The number of anilines is 1. The maximum Gasteiger partial charge on any atom is 0.300 e. The number of carbonyl (C=O) groups is 1. The molecule has 2 rings (SSSR count). The Kier molecular flexibility index (Phi) is 5.35. The van der Waals surface area contributed by atoms with Crippen LogP contribution < -0.4 is 5.32 Å². The molecule has 130 valence electrons. The van der Waals surface area contributed by atoms with Gasteiger partial charge in [0.05, 0.1) is 16.7 Å². The molecule has 0 amide bonds. The van der Waals surface area contributed by atoms with E-state index in [2.05, 4.69) is 20.3 Å². The van der Waals surface area contributed by atoms with Gasteiger partial charge in [0.15, 0.2) is 11.8 Å². The summed E-state index contributed by atoms with van der Waals surface area (Å²) in [5.41, 5.74) is -0.147. The lowest BCUT2D eigenvalue weighted by Gasteiger charge is -2.24. The highest BCUT2D eigenvalue weighted by molar-refractivity contribution is 5.93. The van der Waals surface area contributed by atoms with Gasteiger partial charge in [-0.05, 0) is 16.4 Å². The highest BCUT2D eigenvalue weighted by Gasteiger charge is 2.30. The molecule has 0 unspecified atom stereocenters. The molecule has 0 saturated heterocycles. The molecule has 12 nitrogen and oxygen atoms in total. The number of aldehydes is 1. The maximum atomic E-state index is 10.9. The Labute approximate surface area is 133 Å². The number of fused-ring (bicyclic) bond motifs is 1. The predicted octanol–water partition coefficient (Wildman–Crippen LogP) is -1.81. The predicted molar refractivity (Wildman–Crippen MR) is 77.0 cm³/mol. The van der Waals surface area contributed by atoms with Crippen LogP contribution in [0.15, 0.2) is 16.8 Å². The quantitative estimate of drug-likeness (QED) is 0.206. The number of nitro benzene ring substituents is 1. The summed E-state index contributed by atoms with van der Waals surface area (Å²) in [6.45, 7) is -0.316. The third kappa shape index (κ3) is 3.46. The van der Waals surface area contributed by atoms with Gasteiger partial charge < -0.3 is 30.5 Å². The van der Waals surface area contributed by atoms with Crippen molar-refractivity contribution in [2.75, 3.05) is 11.9 Å². The van der Waals surface area contributed by atoms with E-state index in [-0.39, 0.29) is 35.2 Å². The van der Waals surface area contributed by atoms with Gasteiger partial charge in [0.25, 0.3) is 0 Å². The van der Waals surface area contributed by atoms with Crippen molar-refractivity contribution >= 4 is 28.7 Å². The number of aliphatic hydroxyl groups is 4. The number of benzene rings is 1. The van der Waals surface area contributed by atoms with Crippen LogP contribution in [0.3, 0.4) is 0 Å². The van der Waals surface area contributed by atoms with Crippen LogP contribution >= 0.6 is 0 Å². The number of aromatic nitrogens is 2. The highest BCUT2D eigenvalue weighted by atomic mass is 16.6. The molecule has 4 atom stereocenters. The summed E-state index contributed by atoms with van der Waals surface area (Å²) in [5.74, 6) is 0. The number of nitrogens with one attached hydrogen (secondary N) is 1. The van der Waals surface area contributed by atoms with Crippen LogP contribution in [-0.2, 0) is 4.79 Å². The molecule has 0 aliphatic heterocycles. The molecule has 2 aromatic rings. The van der Waals surface area contributed by atoms with Gasteiger partial charge in [-0.3, -0.25) is 10.1 Å². The van der Waals surface area contributed by atoms with Gasteiger partial charge in [-0.1, -0.05) is 0 Å². The zero-order valence-electron chi connectivity index (χ0n) is 12.0. The van der Waals surface area contributed by atoms with Gasteiger partial charge in [-0.2, -0.15) is 0 Å². The molecule has 12 heteroatoms. The second-order valence-electron chi connectivity index (χ2n) is 4.91. The number of nitro groups is 1. The molecule has 1 heterocycles. The third-order valence-corrected chi connectivity index (χ3v) is 3.33. The van der Waals surface area contributed by atoms with Gasteiger partial charge in [0.1, 0.15) is 18.3 Å². The molecule has 0 bridgehead atoms. The van der Waals surface area contributed by atoms with Crippen LogP contribution in [0.25, 0.3) is 11.0 Å². The highest BCUT2D eigenvalue weighted by Crippen LogP contribution is 2.28. The zero-order valence-corrected chi connectivity index (χ0v) is 12.0. The molecule has 0 aliphatic carbocycles.